The lowest BCUT2D eigenvalue weighted by Crippen LogP contribution is -2.51. The summed E-state index contributed by atoms with van der Waals surface area (Å²) in [7, 11) is 0. The summed E-state index contributed by atoms with van der Waals surface area (Å²) >= 11 is 0. The monoisotopic (exact) mass is 288 g/mol. The van der Waals surface area contributed by atoms with Crippen molar-refractivity contribution in [3.63, 3.8) is 0 Å². The number of hydrogen-bond donors (Lipinski definition) is 2. The number of rotatable bonds is 4. The first-order valence-corrected chi connectivity index (χ1v) is 8.04. The van der Waals surface area contributed by atoms with Crippen LogP contribution in [-0.2, 0) is 4.79 Å². The fraction of sp³-hybridized carbons (Fsp3) is 0.611. The van der Waals surface area contributed by atoms with Crippen LogP contribution in [0.2, 0.25) is 0 Å². The molecule has 0 radical (unpaired) electrons. The van der Waals surface area contributed by atoms with E-state index in [1.165, 1.54) is 12.8 Å². The highest BCUT2D eigenvalue weighted by atomic mass is 16.2. The lowest BCUT2D eigenvalue weighted by Gasteiger charge is -2.38. The number of nitrogens with two attached hydrogens (primary N) is 1. The third kappa shape index (κ3) is 4.07. The van der Waals surface area contributed by atoms with E-state index in [4.69, 9.17) is 5.73 Å². The van der Waals surface area contributed by atoms with Crippen LogP contribution in [0.1, 0.15) is 58.1 Å². The normalized spacial score (nSPS) is 28.7. The highest BCUT2D eigenvalue weighted by Crippen LogP contribution is 2.32. The molecule has 1 aromatic rings. The molecular weight excluding hydrogens is 260 g/mol. The molecule has 0 heterocycles. The van der Waals surface area contributed by atoms with Crippen LogP contribution in [-0.4, -0.2) is 11.4 Å². The van der Waals surface area contributed by atoms with Crippen molar-refractivity contribution in [1.29, 1.82) is 0 Å². The Morgan fingerprint density at radius 1 is 1.29 bits per heavy atom. The standard InChI is InChI=1S/C18H28N2O/c1-13-9-11-18(3,12-10-13)20-17(21)14(2)16(19)15-7-5-4-6-8-15/h4-8,13-14,16H,9-12,19H2,1-3H3,(H,20,21). The first-order chi connectivity index (χ1) is 9.91. The zero-order valence-corrected chi connectivity index (χ0v) is 13.4. The Bertz CT molecular complexity index is 463. The second kappa shape index (κ2) is 6.61. The van der Waals surface area contributed by atoms with E-state index >= 15 is 0 Å². The average Bonchev–Trinajstić information content (AvgIpc) is 2.50. The van der Waals surface area contributed by atoms with E-state index in [1.54, 1.807) is 0 Å². The zero-order valence-electron chi connectivity index (χ0n) is 13.4. The van der Waals surface area contributed by atoms with Crippen LogP contribution in [0, 0.1) is 11.8 Å². The van der Waals surface area contributed by atoms with Crippen LogP contribution in [0.15, 0.2) is 30.3 Å². The molecule has 0 saturated heterocycles. The molecule has 1 aromatic carbocycles. The molecule has 2 atom stereocenters. The fourth-order valence-corrected chi connectivity index (χ4v) is 3.06. The number of benzene rings is 1. The van der Waals surface area contributed by atoms with Crippen molar-refractivity contribution in [2.75, 3.05) is 0 Å². The molecule has 3 nitrogen and oxygen atoms in total. The predicted octanol–water partition coefficient (Wildman–Crippen LogP) is 3.41. The van der Waals surface area contributed by atoms with Crippen LogP contribution in [0.3, 0.4) is 0 Å². The van der Waals surface area contributed by atoms with E-state index in [0.29, 0.717) is 0 Å². The van der Waals surface area contributed by atoms with E-state index in [-0.39, 0.29) is 23.4 Å². The average molecular weight is 288 g/mol. The molecule has 1 saturated carbocycles. The Labute approximate surface area is 128 Å². The lowest BCUT2D eigenvalue weighted by molar-refractivity contribution is -0.127. The van der Waals surface area contributed by atoms with E-state index in [2.05, 4.69) is 19.2 Å². The summed E-state index contributed by atoms with van der Waals surface area (Å²) in [5.74, 6) is 0.631. The number of nitrogens with one attached hydrogen (secondary N) is 1. The summed E-state index contributed by atoms with van der Waals surface area (Å²) in [5, 5.41) is 3.25. The van der Waals surface area contributed by atoms with Gasteiger partial charge in [-0.15, -0.1) is 0 Å². The molecule has 1 amide bonds. The van der Waals surface area contributed by atoms with Crippen LogP contribution in [0.5, 0.6) is 0 Å². The van der Waals surface area contributed by atoms with E-state index in [0.717, 1.165) is 24.3 Å². The summed E-state index contributed by atoms with van der Waals surface area (Å²) in [6, 6.07) is 9.60. The van der Waals surface area contributed by atoms with Gasteiger partial charge < -0.3 is 11.1 Å². The number of hydrogen-bond acceptors (Lipinski definition) is 2. The van der Waals surface area contributed by atoms with Crippen molar-refractivity contribution in [2.45, 2.75) is 58.0 Å². The second-order valence-corrected chi connectivity index (χ2v) is 6.96. The summed E-state index contributed by atoms with van der Waals surface area (Å²) in [4.78, 5) is 12.5. The molecule has 21 heavy (non-hydrogen) atoms. The molecule has 3 heteroatoms. The van der Waals surface area contributed by atoms with Crippen LogP contribution < -0.4 is 11.1 Å². The minimum Gasteiger partial charge on any atom is -0.351 e. The quantitative estimate of drug-likeness (QED) is 0.892. The van der Waals surface area contributed by atoms with Crippen molar-refractivity contribution < 1.29 is 4.79 Å². The highest BCUT2D eigenvalue weighted by molar-refractivity contribution is 5.80. The molecule has 0 bridgehead atoms. The Morgan fingerprint density at radius 3 is 2.43 bits per heavy atom. The predicted molar refractivity (Wildman–Crippen MR) is 86.7 cm³/mol. The molecule has 116 valence electrons. The summed E-state index contributed by atoms with van der Waals surface area (Å²) in [5.41, 5.74) is 7.20. The first-order valence-electron chi connectivity index (χ1n) is 8.04. The third-order valence-corrected chi connectivity index (χ3v) is 4.94. The summed E-state index contributed by atoms with van der Waals surface area (Å²) in [6.07, 6.45) is 4.51. The van der Waals surface area contributed by atoms with Gasteiger partial charge in [0.05, 0.1) is 5.92 Å². The van der Waals surface area contributed by atoms with Crippen molar-refractivity contribution in [1.82, 2.24) is 5.32 Å². The topological polar surface area (TPSA) is 55.1 Å². The van der Waals surface area contributed by atoms with Gasteiger partial charge in [0, 0.05) is 11.6 Å². The molecular formula is C18H28N2O. The van der Waals surface area contributed by atoms with Crippen LogP contribution >= 0.6 is 0 Å². The van der Waals surface area contributed by atoms with Crippen LogP contribution in [0.4, 0.5) is 0 Å². The van der Waals surface area contributed by atoms with Crippen molar-refractivity contribution in [2.24, 2.45) is 17.6 Å². The molecule has 2 rings (SSSR count). The molecule has 2 unspecified atom stereocenters. The molecule has 0 spiro atoms. The smallest absolute Gasteiger partial charge is 0.225 e. The molecule has 0 aromatic heterocycles. The van der Waals surface area contributed by atoms with Gasteiger partial charge in [-0.3, -0.25) is 4.79 Å². The summed E-state index contributed by atoms with van der Waals surface area (Å²) < 4.78 is 0. The maximum atomic E-state index is 12.5. The van der Waals surface area contributed by atoms with Gasteiger partial charge in [-0.05, 0) is 44.1 Å². The Morgan fingerprint density at radius 2 is 1.86 bits per heavy atom. The van der Waals surface area contributed by atoms with Gasteiger partial charge in [-0.1, -0.05) is 44.2 Å². The molecule has 0 aliphatic heterocycles. The number of carbonyl (C=O) groups is 1. The van der Waals surface area contributed by atoms with Gasteiger partial charge in [-0.2, -0.15) is 0 Å². The van der Waals surface area contributed by atoms with Gasteiger partial charge >= 0.3 is 0 Å². The van der Waals surface area contributed by atoms with Crippen molar-refractivity contribution >= 4 is 5.91 Å². The lowest BCUT2D eigenvalue weighted by atomic mass is 9.78. The Balaban J connectivity index is 1.96. The largest absolute Gasteiger partial charge is 0.351 e. The number of amides is 1. The SMILES string of the molecule is CC1CCC(C)(NC(=O)C(C)C(N)c2ccccc2)CC1. The van der Waals surface area contributed by atoms with Crippen molar-refractivity contribution in [3.05, 3.63) is 35.9 Å². The van der Waals surface area contributed by atoms with Crippen LogP contribution in [0.25, 0.3) is 0 Å². The first kappa shape index (κ1) is 16.0. The Kier molecular flexibility index (Phi) is 5.04. The molecule has 1 fully saturated rings. The third-order valence-electron chi connectivity index (χ3n) is 4.94. The van der Waals surface area contributed by atoms with Gasteiger partial charge in [0.1, 0.15) is 0 Å². The van der Waals surface area contributed by atoms with Gasteiger partial charge in [0.2, 0.25) is 5.91 Å². The molecule has 1 aliphatic carbocycles. The minimum absolute atomic E-state index is 0.0612. The van der Waals surface area contributed by atoms with Crippen molar-refractivity contribution in [3.8, 4) is 0 Å². The Hall–Kier alpha value is -1.35. The highest BCUT2D eigenvalue weighted by Gasteiger charge is 2.33. The maximum absolute atomic E-state index is 12.5. The molecule has 3 N–H and O–H groups in total. The minimum atomic E-state index is -0.252. The fourth-order valence-electron chi connectivity index (χ4n) is 3.06. The van der Waals surface area contributed by atoms with E-state index in [1.807, 2.05) is 37.3 Å². The van der Waals surface area contributed by atoms with E-state index in [9.17, 15) is 4.79 Å². The molecule has 1 aliphatic rings. The van der Waals surface area contributed by atoms with Gasteiger partial charge in [0.25, 0.3) is 0 Å². The van der Waals surface area contributed by atoms with E-state index < -0.39 is 0 Å². The zero-order chi connectivity index (χ0) is 15.5. The second-order valence-electron chi connectivity index (χ2n) is 6.96. The summed E-state index contributed by atoms with van der Waals surface area (Å²) in [6.45, 7) is 6.37. The maximum Gasteiger partial charge on any atom is 0.225 e. The van der Waals surface area contributed by atoms with Gasteiger partial charge in [-0.25, -0.2) is 0 Å². The van der Waals surface area contributed by atoms with Gasteiger partial charge in [0.15, 0.2) is 0 Å². The number of carbonyl (C=O) groups excluding carboxylic acids is 1.